The molecule has 1 fully saturated rings. The molecule has 0 heterocycles. The third kappa shape index (κ3) is 3.41. The average Bonchev–Trinajstić information content (AvgIpc) is 3.53. The van der Waals surface area contributed by atoms with Gasteiger partial charge in [-0.1, -0.05) is 60.7 Å². The van der Waals surface area contributed by atoms with Crippen LogP contribution in [0.3, 0.4) is 0 Å². The average molecular weight is 370 g/mol. The maximum Gasteiger partial charge on any atom is 0.244 e. The molecule has 0 aliphatic heterocycles. The lowest BCUT2D eigenvalue weighted by atomic mass is 9.85. The molecule has 0 aromatic heterocycles. The molecule has 28 heavy (non-hydrogen) atoms. The smallest absolute Gasteiger partial charge is 0.244 e. The van der Waals surface area contributed by atoms with Crippen molar-refractivity contribution in [3.8, 4) is 5.75 Å². The molecule has 0 radical (unpaired) electrons. The highest BCUT2D eigenvalue weighted by Gasteiger charge is 2.60. The molecule has 0 saturated heterocycles. The van der Waals surface area contributed by atoms with E-state index in [1.807, 2.05) is 60.7 Å². The third-order valence-electron chi connectivity index (χ3n) is 5.36. The summed E-state index contributed by atoms with van der Waals surface area (Å²) in [7, 11) is 1.63. The molecule has 1 amide bonds. The molecule has 4 heteroatoms. The van der Waals surface area contributed by atoms with E-state index < -0.39 is 0 Å². The summed E-state index contributed by atoms with van der Waals surface area (Å²) in [6.45, 7) is 0. The summed E-state index contributed by atoms with van der Waals surface area (Å²) in [6.07, 6.45) is 2.43. The van der Waals surface area contributed by atoms with Gasteiger partial charge in [0.15, 0.2) is 0 Å². The summed E-state index contributed by atoms with van der Waals surface area (Å²) in [4.78, 5) is 12.8. The van der Waals surface area contributed by atoms with E-state index in [9.17, 15) is 4.79 Å². The van der Waals surface area contributed by atoms with Crippen molar-refractivity contribution in [1.82, 2.24) is 5.43 Å². The van der Waals surface area contributed by atoms with Gasteiger partial charge in [-0.05, 0) is 47.4 Å². The number of hydrazone groups is 1. The topological polar surface area (TPSA) is 50.7 Å². The normalized spacial score (nSPS) is 17.2. The number of rotatable bonds is 6. The Balaban J connectivity index is 1.50. The van der Waals surface area contributed by atoms with Crippen LogP contribution in [0, 0.1) is 5.92 Å². The Kier molecular flexibility index (Phi) is 4.94. The van der Waals surface area contributed by atoms with Crippen molar-refractivity contribution in [3.05, 3.63) is 102 Å². The molecule has 0 bridgehead atoms. The minimum Gasteiger partial charge on any atom is -0.497 e. The number of methoxy groups -OCH3 is 1. The molecule has 1 saturated carbocycles. The van der Waals surface area contributed by atoms with Gasteiger partial charge in [0.2, 0.25) is 5.91 Å². The number of nitrogens with one attached hydrogen (secondary N) is 1. The van der Waals surface area contributed by atoms with Crippen molar-refractivity contribution in [2.45, 2.75) is 11.8 Å². The molecule has 1 N–H and O–H groups in total. The van der Waals surface area contributed by atoms with E-state index in [2.05, 4.69) is 34.8 Å². The first-order chi connectivity index (χ1) is 13.7. The molecular formula is C24H22N2O2. The minimum atomic E-state index is -0.276. The van der Waals surface area contributed by atoms with Gasteiger partial charge in [-0.15, -0.1) is 0 Å². The van der Waals surface area contributed by atoms with E-state index in [0.29, 0.717) is 0 Å². The standard InChI is InChI=1S/C24H22N2O2/c1-28-21-14-12-18(13-15-21)17-25-26-23(27)22-16-24(22,19-8-4-2-5-9-19)20-10-6-3-7-11-20/h2-15,17,22H,16H2,1H3,(H,26,27). The molecule has 3 aromatic carbocycles. The van der Waals surface area contributed by atoms with Gasteiger partial charge in [-0.3, -0.25) is 4.79 Å². The second-order valence-electron chi connectivity index (χ2n) is 6.97. The number of nitrogens with zero attached hydrogens (tertiary/aromatic N) is 1. The first kappa shape index (κ1) is 18.0. The molecule has 1 aliphatic rings. The van der Waals surface area contributed by atoms with Crippen LogP contribution in [0.25, 0.3) is 0 Å². The predicted molar refractivity (Wildman–Crippen MR) is 111 cm³/mol. The molecule has 1 unspecified atom stereocenters. The van der Waals surface area contributed by atoms with Crippen LogP contribution in [0.1, 0.15) is 23.1 Å². The molecule has 3 aromatic rings. The number of hydrogen-bond acceptors (Lipinski definition) is 3. The van der Waals surface area contributed by atoms with Crippen molar-refractivity contribution < 1.29 is 9.53 Å². The fourth-order valence-corrected chi connectivity index (χ4v) is 3.79. The maximum absolute atomic E-state index is 12.8. The highest BCUT2D eigenvalue weighted by molar-refractivity contribution is 5.87. The summed E-state index contributed by atoms with van der Waals surface area (Å²) in [5.74, 6) is 0.595. The second-order valence-corrected chi connectivity index (χ2v) is 6.97. The van der Waals surface area contributed by atoms with Crippen LogP contribution in [0.2, 0.25) is 0 Å². The lowest BCUT2D eigenvalue weighted by molar-refractivity contribution is -0.122. The lowest BCUT2D eigenvalue weighted by Crippen LogP contribution is -2.25. The van der Waals surface area contributed by atoms with E-state index in [1.54, 1.807) is 13.3 Å². The van der Waals surface area contributed by atoms with Crippen LogP contribution in [0.5, 0.6) is 5.75 Å². The first-order valence-corrected chi connectivity index (χ1v) is 9.32. The molecular weight excluding hydrogens is 348 g/mol. The molecule has 4 rings (SSSR count). The number of hydrogen-bond donors (Lipinski definition) is 1. The lowest BCUT2D eigenvalue weighted by Gasteiger charge is -2.18. The van der Waals surface area contributed by atoms with E-state index >= 15 is 0 Å². The Morgan fingerprint density at radius 2 is 1.54 bits per heavy atom. The Bertz CT molecular complexity index is 927. The summed E-state index contributed by atoms with van der Waals surface area (Å²) in [6, 6.07) is 28.0. The van der Waals surface area contributed by atoms with Crippen LogP contribution in [-0.4, -0.2) is 19.2 Å². The monoisotopic (exact) mass is 370 g/mol. The van der Waals surface area contributed by atoms with E-state index in [4.69, 9.17) is 4.74 Å². The van der Waals surface area contributed by atoms with E-state index in [0.717, 1.165) is 17.7 Å². The fourth-order valence-electron chi connectivity index (χ4n) is 3.79. The summed E-state index contributed by atoms with van der Waals surface area (Å²) >= 11 is 0. The van der Waals surface area contributed by atoms with E-state index in [1.165, 1.54) is 11.1 Å². The minimum absolute atomic E-state index is 0.0579. The van der Waals surface area contributed by atoms with Gasteiger partial charge < -0.3 is 4.74 Å². The fraction of sp³-hybridized carbons (Fsp3) is 0.167. The Labute approximate surface area is 164 Å². The van der Waals surface area contributed by atoms with Crippen molar-refractivity contribution >= 4 is 12.1 Å². The van der Waals surface area contributed by atoms with Gasteiger partial charge in [0.1, 0.15) is 5.75 Å². The number of benzene rings is 3. The second kappa shape index (κ2) is 7.69. The highest BCUT2D eigenvalue weighted by atomic mass is 16.5. The molecule has 1 atom stereocenters. The summed E-state index contributed by atoms with van der Waals surface area (Å²) in [5.41, 5.74) is 5.67. The first-order valence-electron chi connectivity index (χ1n) is 9.32. The number of carbonyl (C=O) groups excluding carboxylic acids is 1. The SMILES string of the molecule is COc1ccc(C=NNC(=O)C2CC2(c2ccccc2)c2ccccc2)cc1. The third-order valence-corrected chi connectivity index (χ3v) is 5.36. The van der Waals surface area contributed by atoms with Gasteiger partial charge in [0, 0.05) is 5.41 Å². The largest absolute Gasteiger partial charge is 0.497 e. The van der Waals surface area contributed by atoms with Crippen LogP contribution >= 0.6 is 0 Å². The Morgan fingerprint density at radius 3 is 2.07 bits per heavy atom. The van der Waals surface area contributed by atoms with Crippen LogP contribution in [0.4, 0.5) is 0 Å². The summed E-state index contributed by atoms with van der Waals surface area (Å²) in [5, 5.41) is 4.15. The van der Waals surface area contributed by atoms with Gasteiger partial charge in [0.25, 0.3) is 0 Å². The van der Waals surface area contributed by atoms with Crippen LogP contribution in [-0.2, 0) is 10.2 Å². The van der Waals surface area contributed by atoms with Crippen LogP contribution in [0.15, 0.2) is 90.0 Å². The number of carbonyl (C=O) groups is 1. The molecule has 1 aliphatic carbocycles. The van der Waals surface area contributed by atoms with Gasteiger partial charge >= 0.3 is 0 Å². The highest BCUT2D eigenvalue weighted by Crippen LogP contribution is 2.58. The van der Waals surface area contributed by atoms with Crippen LogP contribution < -0.4 is 10.2 Å². The molecule has 140 valence electrons. The molecule has 4 nitrogen and oxygen atoms in total. The van der Waals surface area contributed by atoms with Crippen molar-refractivity contribution in [1.29, 1.82) is 0 Å². The zero-order valence-corrected chi connectivity index (χ0v) is 15.7. The Hall–Kier alpha value is -3.40. The summed E-state index contributed by atoms with van der Waals surface area (Å²) < 4.78 is 5.14. The molecule has 0 spiro atoms. The zero-order valence-electron chi connectivity index (χ0n) is 15.7. The predicted octanol–water partition coefficient (Wildman–Crippen LogP) is 4.15. The van der Waals surface area contributed by atoms with Crippen molar-refractivity contribution in [2.24, 2.45) is 11.0 Å². The van der Waals surface area contributed by atoms with Crippen molar-refractivity contribution in [2.75, 3.05) is 7.11 Å². The van der Waals surface area contributed by atoms with Gasteiger partial charge in [0.05, 0.1) is 19.2 Å². The maximum atomic E-state index is 12.8. The number of ether oxygens (including phenoxy) is 1. The Morgan fingerprint density at radius 1 is 0.964 bits per heavy atom. The van der Waals surface area contributed by atoms with E-state index in [-0.39, 0.29) is 17.2 Å². The zero-order chi connectivity index (χ0) is 19.4. The quantitative estimate of drug-likeness (QED) is 0.523. The number of amides is 1. The van der Waals surface area contributed by atoms with Gasteiger partial charge in [-0.2, -0.15) is 5.10 Å². The van der Waals surface area contributed by atoms with Gasteiger partial charge in [-0.25, -0.2) is 5.43 Å². The van der Waals surface area contributed by atoms with Crippen molar-refractivity contribution in [3.63, 3.8) is 0 Å².